The molecule has 190 valence electrons. The normalized spacial score (nSPS) is 12.1. The van der Waals surface area contributed by atoms with Crippen molar-refractivity contribution in [3.63, 3.8) is 0 Å². The molecule has 0 fully saturated rings. The van der Waals surface area contributed by atoms with Crippen molar-refractivity contribution in [2.45, 2.75) is 72.8 Å². The number of nitrogens with one attached hydrogen (secondary N) is 1. The van der Waals surface area contributed by atoms with E-state index < -0.39 is 0 Å². The van der Waals surface area contributed by atoms with E-state index >= 15 is 0 Å². The molecule has 1 unspecified atom stereocenters. The number of carbonyl (C=O) groups is 1. The molecule has 7 heteroatoms. The third kappa shape index (κ3) is 7.01. The topological polar surface area (TPSA) is 69.0 Å². The number of carbonyl (C=O) groups excluding carboxylic acids is 1. The largest absolute Gasteiger partial charge is 0.385 e. The summed E-state index contributed by atoms with van der Waals surface area (Å²) in [6.45, 7) is 10.7. The van der Waals surface area contributed by atoms with Crippen LogP contribution in [0.15, 0.2) is 29.8 Å². The molecule has 0 radical (unpaired) electrons. The first-order chi connectivity index (χ1) is 17.0. The molecule has 3 aromatic heterocycles. The zero-order chi connectivity index (χ0) is 25.2. The lowest BCUT2D eigenvalue weighted by molar-refractivity contribution is 0.0945. The van der Waals surface area contributed by atoms with Crippen LogP contribution in [0.25, 0.3) is 22.0 Å². The number of unbranched alkanes of at least 4 members (excludes halogenated alkanes) is 1. The van der Waals surface area contributed by atoms with Gasteiger partial charge in [0.05, 0.1) is 17.0 Å². The molecular weight excluding hydrogens is 456 g/mol. The predicted molar refractivity (Wildman–Crippen MR) is 145 cm³/mol. The van der Waals surface area contributed by atoms with Crippen molar-refractivity contribution in [3.8, 4) is 22.0 Å². The molecule has 0 aliphatic carbocycles. The van der Waals surface area contributed by atoms with E-state index in [1.807, 2.05) is 25.3 Å². The van der Waals surface area contributed by atoms with E-state index in [1.54, 1.807) is 18.4 Å². The Kier molecular flexibility index (Phi) is 10.5. The Hall–Kier alpha value is -2.51. The lowest BCUT2D eigenvalue weighted by Crippen LogP contribution is -2.29. The highest BCUT2D eigenvalue weighted by Crippen LogP contribution is 2.32. The van der Waals surface area contributed by atoms with Crippen molar-refractivity contribution in [3.05, 3.63) is 46.7 Å². The molecule has 1 amide bonds. The van der Waals surface area contributed by atoms with Gasteiger partial charge in [-0.1, -0.05) is 40.0 Å². The molecule has 0 bridgehead atoms. The molecule has 0 saturated carbocycles. The fourth-order valence-corrected chi connectivity index (χ4v) is 5.16. The second-order valence-electron chi connectivity index (χ2n) is 9.08. The molecule has 3 rings (SSSR count). The average Bonchev–Trinajstić information content (AvgIpc) is 3.49. The van der Waals surface area contributed by atoms with Crippen LogP contribution in [0.5, 0.6) is 0 Å². The van der Waals surface area contributed by atoms with Crippen molar-refractivity contribution in [1.29, 1.82) is 0 Å². The standard InChI is InChI=1S/C28H40N4O2S/c1-6-9-11-21(7-2)18-30-27(33)24-17-26(32(20(24)4)14-10-15-34-5)25-19-35-28(31-25)22-12-13-29-23(8-3)16-22/h12-13,16-17,19,21H,6-11,14-15,18H2,1-5H3,(H,30,33). The molecule has 35 heavy (non-hydrogen) atoms. The molecule has 3 aromatic rings. The van der Waals surface area contributed by atoms with Crippen molar-refractivity contribution >= 4 is 17.2 Å². The molecule has 1 N–H and O–H groups in total. The van der Waals surface area contributed by atoms with E-state index in [-0.39, 0.29) is 5.91 Å². The van der Waals surface area contributed by atoms with Gasteiger partial charge < -0.3 is 14.6 Å². The fourth-order valence-electron chi connectivity index (χ4n) is 4.35. The maximum absolute atomic E-state index is 13.2. The first kappa shape index (κ1) is 27.1. The maximum Gasteiger partial charge on any atom is 0.253 e. The summed E-state index contributed by atoms with van der Waals surface area (Å²) in [4.78, 5) is 22.6. The number of aryl methyl sites for hydroxylation is 1. The Morgan fingerprint density at radius 1 is 1.23 bits per heavy atom. The zero-order valence-electron chi connectivity index (χ0n) is 21.9. The third-order valence-electron chi connectivity index (χ3n) is 6.63. The van der Waals surface area contributed by atoms with Gasteiger partial charge in [0, 0.05) is 55.3 Å². The number of ether oxygens (including phenoxy) is 1. The van der Waals surface area contributed by atoms with Crippen molar-refractivity contribution in [2.75, 3.05) is 20.3 Å². The number of thiazole rings is 1. The molecular formula is C28H40N4O2S. The van der Waals surface area contributed by atoms with Gasteiger partial charge in [-0.2, -0.15) is 0 Å². The van der Waals surface area contributed by atoms with Crippen LogP contribution in [0.1, 0.15) is 74.6 Å². The van der Waals surface area contributed by atoms with Gasteiger partial charge in [-0.3, -0.25) is 9.78 Å². The number of amides is 1. The highest BCUT2D eigenvalue weighted by atomic mass is 32.1. The van der Waals surface area contributed by atoms with Gasteiger partial charge >= 0.3 is 0 Å². The fraction of sp³-hybridized carbons (Fsp3) is 0.536. The van der Waals surface area contributed by atoms with Gasteiger partial charge in [0.15, 0.2) is 0 Å². The number of hydrogen-bond acceptors (Lipinski definition) is 5. The van der Waals surface area contributed by atoms with Crippen LogP contribution >= 0.6 is 11.3 Å². The Morgan fingerprint density at radius 2 is 2.06 bits per heavy atom. The number of hydrogen-bond donors (Lipinski definition) is 1. The summed E-state index contributed by atoms with van der Waals surface area (Å²) in [5, 5.41) is 6.25. The molecule has 0 aliphatic heterocycles. The van der Waals surface area contributed by atoms with E-state index in [0.717, 1.165) is 77.7 Å². The first-order valence-corrected chi connectivity index (χ1v) is 13.8. The molecule has 0 aromatic carbocycles. The summed E-state index contributed by atoms with van der Waals surface area (Å²) in [6, 6.07) is 6.12. The quantitative estimate of drug-likeness (QED) is 0.258. The lowest BCUT2D eigenvalue weighted by Gasteiger charge is -2.15. The zero-order valence-corrected chi connectivity index (χ0v) is 22.7. The van der Waals surface area contributed by atoms with E-state index in [0.29, 0.717) is 12.5 Å². The maximum atomic E-state index is 13.2. The Balaban J connectivity index is 1.87. The molecule has 0 aliphatic rings. The van der Waals surface area contributed by atoms with Gasteiger partial charge in [0.2, 0.25) is 0 Å². The first-order valence-electron chi connectivity index (χ1n) is 12.9. The van der Waals surface area contributed by atoms with Gasteiger partial charge in [0.25, 0.3) is 5.91 Å². The van der Waals surface area contributed by atoms with Crippen LogP contribution in [-0.2, 0) is 17.7 Å². The lowest BCUT2D eigenvalue weighted by atomic mass is 9.99. The number of aromatic nitrogens is 3. The highest BCUT2D eigenvalue weighted by Gasteiger charge is 2.21. The van der Waals surface area contributed by atoms with E-state index in [4.69, 9.17) is 9.72 Å². The summed E-state index contributed by atoms with van der Waals surface area (Å²) >= 11 is 1.62. The van der Waals surface area contributed by atoms with E-state index in [9.17, 15) is 4.79 Å². The van der Waals surface area contributed by atoms with Crippen molar-refractivity contribution in [1.82, 2.24) is 19.9 Å². The van der Waals surface area contributed by atoms with Crippen LogP contribution in [0, 0.1) is 12.8 Å². The molecule has 1 atom stereocenters. The monoisotopic (exact) mass is 496 g/mol. The number of pyridine rings is 1. The second-order valence-corrected chi connectivity index (χ2v) is 9.94. The molecule has 6 nitrogen and oxygen atoms in total. The number of nitrogens with zero attached hydrogens (tertiary/aromatic N) is 3. The minimum absolute atomic E-state index is 0.00126. The number of rotatable bonds is 14. The van der Waals surface area contributed by atoms with E-state index in [2.05, 4.69) is 47.1 Å². The Morgan fingerprint density at radius 3 is 2.77 bits per heavy atom. The smallest absolute Gasteiger partial charge is 0.253 e. The summed E-state index contributed by atoms with van der Waals surface area (Å²) in [5.74, 6) is 0.526. The minimum Gasteiger partial charge on any atom is -0.385 e. The minimum atomic E-state index is 0.00126. The average molecular weight is 497 g/mol. The summed E-state index contributed by atoms with van der Waals surface area (Å²) in [5.41, 5.74) is 5.72. The summed E-state index contributed by atoms with van der Waals surface area (Å²) in [6.07, 6.45) is 8.24. The van der Waals surface area contributed by atoms with Crippen LogP contribution in [0.4, 0.5) is 0 Å². The van der Waals surface area contributed by atoms with Gasteiger partial charge in [0.1, 0.15) is 5.01 Å². The Labute approximate surface area is 214 Å². The molecule has 0 spiro atoms. The SMILES string of the molecule is CCCCC(CC)CNC(=O)c1cc(-c2csc(-c3ccnc(CC)c3)n2)n(CCCOC)c1C. The van der Waals surface area contributed by atoms with Crippen LogP contribution in [-0.4, -0.2) is 40.7 Å². The van der Waals surface area contributed by atoms with Crippen LogP contribution in [0.3, 0.4) is 0 Å². The predicted octanol–water partition coefficient (Wildman–Crippen LogP) is 6.53. The summed E-state index contributed by atoms with van der Waals surface area (Å²) in [7, 11) is 1.72. The van der Waals surface area contributed by atoms with Gasteiger partial charge in [-0.05, 0) is 50.3 Å². The highest BCUT2D eigenvalue weighted by molar-refractivity contribution is 7.13. The number of methoxy groups -OCH3 is 1. The van der Waals surface area contributed by atoms with Crippen molar-refractivity contribution < 1.29 is 9.53 Å². The Bertz CT molecular complexity index is 1090. The summed E-state index contributed by atoms with van der Waals surface area (Å²) < 4.78 is 7.50. The van der Waals surface area contributed by atoms with E-state index in [1.165, 1.54) is 12.8 Å². The van der Waals surface area contributed by atoms with Crippen LogP contribution in [0.2, 0.25) is 0 Å². The van der Waals surface area contributed by atoms with Crippen LogP contribution < -0.4 is 5.32 Å². The second kappa shape index (κ2) is 13.5. The molecule has 3 heterocycles. The van der Waals surface area contributed by atoms with Gasteiger partial charge in [-0.25, -0.2) is 4.98 Å². The third-order valence-corrected chi connectivity index (χ3v) is 7.52. The van der Waals surface area contributed by atoms with Crippen molar-refractivity contribution in [2.24, 2.45) is 5.92 Å². The van der Waals surface area contributed by atoms with Gasteiger partial charge in [-0.15, -0.1) is 11.3 Å². The molecule has 0 saturated heterocycles.